The van der Waals surface area contributed by atoms with E-state index < -0.39 is 0 Å². The molecule has 3 heteroatoms. The second kappa shape index (κ2) is 7.62. The second-order valence-corrected chi connectivity index (χ2v) is 2.98. The molecule has 1 N–H and O–H groups in total. The lowest BCUT2D eigenvalue weighted by atomic mass is 10.2. The molecule has 0 radical (unpaired) electrons. The molecule has 0 aliphatic carbocycles. The third-order valence-corrected chi connectivity index (χ3v) is 1.76. The topological polar surface area (TPSA) is 32.3 Å². The Hall–Kier alpha value is -1.77. The second-order valence-electron chi connectivity index (χ2n) is 2.98. The van der Waals surface area contributed by atoms with Crippen LogP contribution < -0.4 is 5.32 Å². The molecule has 0 aromatic heterocycles. The Bertz CT molecular complexity index is 290. The molecule has 0 saturated heterocycles. The maximum atomic E-state index is 11.2. The van der Waals surface area contributed by atoms with Gasteiger partial charge in [0.2, 0.25) is 0 Å². The summed E-state index contributed by atoms with van der Waals surface area (Å²) in [6, 6.07) is -0.114. The molecular weight excluding hydrogens is 188 g/mol. The molecule has 0 spiro atoms. The summed E-state index contributed by atoms with van der Waals surface area (Å²) in [4.78, 5) is 12.8. The van der Waals surface area contributed by atoms with Gasteiger partial charge in [0.05, 0.1) is 0 Å². The van der Waals surface area contributed by atoms with Crippen molar-refractivity contribution in [3.8, 4) is 0 Å². The highest BCUT2D eigenvalue weighted by Gasteiger charge is 2.05. The fraction of sp³-hybridized carbons (Fsp3) is 0.250. The van der Waals surface area contributed by atoms with Crippen molar-refractivity contribution < 1.29 is 4.79 Å². The Balaban J connectivity index is 4.48. The Kier molecular flexibility index (Phi) is 6.72. The van der Waals surface area contributed by atoms with Crippen LogP contribution in [0, 0.1) is 0 Å². The first-order chi connectivity index (χ1) is 7.15. The summed E-state index contributed by atoms with van der Waals surface area (Å²) in [6.45, 7) is 7.75. The number of nitrogens with zero attached hydrogens (tertiary/aromatic N) is 1. The summed E-state index contributed by atoms with van der Waals surface area (Å²) in [5.74, 6) is 0. The van der Waals surface area contributed by atoms with Gasteiger partial charge in [0.15, 0.2) is 0 Å². The highest BCUT2D eigenvalue weighted by Crippen LogP contribution is 2.01. The lowest BCUT2D eigenvalue weighted by molar-refractivity contribution is 0.215. The molecule has 0 heterocycles. The van der Waals surface area contributed by atoms with Crippen LogP contribution in [0.1, 0.15) is 0 Å². The van der Waals surface area contributed by atoms with Gasteiger partial charge in [0, 0.05) is 20.6 Å². The summed E-state index contributed by atoms with van der Waals surface area (Å²) in [7, 11) is 3.34. The van der Waals surface area contributed by atoms with Gasteiger partial charge in [-0.1, -0.05) is 43.5 Å². The van der Waals surface area contributed by atoms with E-state index in [0.29, 0.717) is 6.54 Å². The van der Waals surface area contributed by atoms with Crippen LogP contribution in [0.4, 0.5) is 4.79 Å². The van der Waals surface area contributed by atoms with E-state index >= 15 is 0 Å². The van der Waals surface area contributed by atoms with Gasteiger partial charge in [-0.3, -0.25) is 0 Å². The quantitative estimate of drug-likeness (QED) is 0.686. The first kappa shape index (κ1) is 13.2. The van der Waals surface area contributed by atoms with Gasteiger partial charge in [-0.15, -0.1) is 0 Å². The monoisotopic (exact) mass is 206 g/mol. The fourth-order valence-electron chi connectivity index (χ4n) is 1.04. The average Bonchev–Trinajstić information content (AvgIpc) is 2.24. The summed E-state index contributed by atoms with van der Waals surface area (Å²) in [6.07, 6.45) is 8.97. The molecule has 82 valence electrons. The van der Waals surface area contributed by atoms with Crippen LogP contribution >= 0.6 is 0 Å². The molecule has 0 saturated carbocycles. The van der Waals surface area contributed by atoms with Crippen molar-refractivity contribution in [2.24, 2.45) is 0 Å². The number of urea groups is 1. The van der Waals surface area contributed by atoms with Crippen molar-refractivity contribution in [2.45, 2.75) is 0 Å². The third kappa shape index (κ3) is 5.52. The van der Waals surface area contributed by atoms with Gasteiger partial charge in [0.25, 0.3) is 0 Å². The summed E-state index contributed by atoms with van der Waals surface area (Å²) in [5.41, 5.74) is 0.996. The lowest BCUT2D eigenvalue weighted by Gasteiger charge is -2.16. The maximum absolute atomic E-state index is 11.2. The zero-order valence-corrected chi connectivity index (χ0v) is 9.36. The molecule has 0 fully saturated rings. The molecule has 0 bridgehead atoms. The van der Waals surface area contributed by atoms with Crippen LogP contribution in [0.2, 0.25) is 0 Å². The highest BCUT2D eigenvalue weighted by molar-refractivity contribution is 5.73. The number of carbonyl (C=O) groups is 1. The molecule has 0 unspecified atom stereocenters. The number of likely N-dealkylation sites (N-methyl/N-ethyl adjacent to an activating group) is 1. The van der Waals surface area contributed by atoms with E-state index in [1.54, 1.807) is 31.1 Å². The number of amides is 2. The average molecular weight is 206 g/mol. The number of carbonyl (C=O) groups excluding carboxylic acids is 1. The molecule has 0 aliphatic rings. The van der Waals surface area contributed by atoms with Crippen molar-refractivity contribution in [1.29, 1.82) is 0 Å². The van der Waals surface area contributed by atoms with Crippen LogP contribution in [0.3, 0.4) is 0 Å². The van der Waals surface area contributed by atoms with Gasteiger partial charge in [-0.2, -0.15) is 0 Å². The first-order valence-electron chi connectivity index (χ1n) is 4.69. The van der Waals surface area contributed by atoms with Gasteiger partial charge in [-0.05, 0) is 5.57 Å². The highest BCUT2D eigenvalue weighted by atomic mass is 16.2. The lowest BCUT2D eigenvalue weighted by Crippen LogP contribution is -2.35. The predicted molar refractivity (Wildman–Crippen MR) is 64.7 cm³/mol. The first-order valence-corrected chi connectivity index (χ1v) is 4.69. The maximum Gasteiger partial charge on any atom is 0.317 e. The molecule has 3 nitrogen and oxygen atoms in total. The van der Waals surface area contributed by atoms with E-state index in [9.17, 15) is 4.79 Å². The van der Waals surface area contributed by atoms with Gasteiger partial charge in [0.1, 0.15) is 0 Å². The molecule has 0 atom stereocenters. The van der Waals surface area contributed by atoms with Crippen LogP contribution in [-0.2, 0) is 0 Å². The molecule has 0 rings (SSSR count). The van der Waals surface area contributed by atoms with Crippen molar-refractivity contribution in [2.75, 3.05) is 20.6 Å². The van der Waals surface area contributed by atoms with Crippen LogP contribution in [0.25, 0.3) is 0 Å². The number of hydrogen-bond donors (Lipinski definition) is 1. The summed E-state index contributed by atoms with van der Waals surface area (Å²) < 4.78 is 0. The predicted octanol–water partition coefficient (Wildman–Crippen LogP) is 2.11. The van der Waals surface area contributed by atoms with Crippen LogP contribution in [0.5, 0.6) is 0 Å². The summed E-state index contributed by atoms with van der Waals surface area (Å²) >= 11 is 0. The van der Waals surface area contributed by atoms with Gasteiger partial charge >= 0.3 is 6.03 Å². The van der Waals surface area contributed by atoms with Crippen molar-refractivity contribution in [1.82, 2.24) is 10.2 Å². The van der Waals surface area contributed by atoms with Gasteiger partial charge in [-0.25, -0.2) is 4.79 Å². The largest absolute Gasteiger partial charge is 0.341 e. The minimum Gasteiger partial charge on any atom is -0.341 e. The minimum absolute atomic E-state index is 0.114. The molecule has 0 aromatic carbocycles. The zero-order valence-electron chi connectivity index (χ0n) is 9.36. The van der Waals surface area contributed by atoms with E-state index in [4.69, 9.17) is 0 Å². The Morgan fingerprint density at radius 1 is 1.40 bits per heavy atom. The number of nitrogens with one attached hydrogen (secondary N) is 1. The van der Waals surface area contributed by atoms with Crippen LogP contribution in [0.15, 0.2) is 49.1 Å². The standard InChI is InChI=1S/C12H18N2O/c1-5-7-9-11(8-6-2)10-14(4)12(15)13-3/h5-9H,1-2,10H2,3-4H3,(H,13,15)/b9-7-,11-8+. The van der Waals surface area contributed by atoms with Crippen molar-refractivity contribution >= 4 is 6.03 Å². The molecule has 2 amide bonds. The zero-order chi connectivity index (χ0) is 11.7. The normalized spacial score (nSPS) is 11.2. The number of allylic oxidation sites excluding steroid dienone is 4. The van der Waals surface area contributed by atoms with E-state index in [2.05, 4.69) is 18.5 Å². The van der Waals surface area contributed by atoms with Crippen LogP contribution in [-0.4, -0.2) is 31.6 Å². The van der Waals surface area contributed by atoms with Crippen molar-refractivity contribution in [3.05, 3.63) is 49.1 Å². The van der Waals surface area contributed by atoms with E-state index in [1.807, 2.05) is 18.2 Å². The Morgan fingerprint density at radius 2 is 2.07 bits per heavy atom. The molecular formula is C12H18N2O. The third-order valence-electron chi connectivity index (χ3n) is 1.76. The number of hydrogen-bond acceptors (Lipinski definition) is 1. The smallest absolute Gasteiger partial charge is 0.317 e. The fourth-order valence-corrected chi connectivity index (χ4v) is 1.04. The van der Waals surface area contributed by atoms with Gasteiger partial charge < -0.3 is 10.2 Å². The molecule has 15 heavy (non-hydrogen) atoms. The Labute approximate surface area is 91.5 Å². The SMILES string of the molecule is C=C/C=C\C(=C/C=C)CN(C)C(=O)NC. The van der Waals surface area contributed by atoms with E-state index in [1.165, 1.54) is 0 Å². The van der Waals surface area contributed by atoms with E-state index in [-0.39, 0.29) is 6.03 Å². The number of rotatable bonds is 5. The Morgan fingerprint density at radius 3 is 2.53 bits per heavy atom. The van der Waals surface area contributed by atoms with Crippen molar-refractivity contribution in [3.63, 3.8) is 0 Å². The minimum atomic E-state index is -0.114. The molecule has 0 aromatic rings. The molecule has 0 aliphatic heterocycles. The summed E-state index contributed by atoms with van der Waals surface area (Å²) in [5, 5.41) is 2.56. The van der Waals surface area contributed by atoms with E-state index in [0.717, 1.165) is 5.57 Å².